The van der Waals surface area contributed by atoms with Crippen LogP contribution in [0.4, 0.5) is 5.69 Å². The van der Waals surface area contributed by atoms with Crippen molar-refractivity contribution in [2.45, 2.75) is 20.3 Å². The number of carbonyl (C=O) groups is 2. The topological polar surface area (TPSA) is 79.8 Å². The summed E-state index contributed by atoms with van der Waals surface area (Å²) in [6.45, 7) is 4.37. The molecule has 0 aliphatic carbocycles. The third-order valence-corrected chi connectivity index (χ3v) is 3.41. The van der Waals surface area contributed by atoms with Crippen molar-refractivity contribution < 1.29 is 14.3 Å². The molecule has 0 aromatic heterocycles. The van der Waals surface area contributed by atoms with Crippen LogP contribution in [0.3, 0.4) is 0 Å². The second-order valence-corrected chi connectivity index (χ2v) is 5.18. The Labute approximate surface area is 146 Å². The molecule has 0 atom stereocenters. The first-order valence-corrected chi connectivity index (χ1v) is 8.09. The lowest BCUT2D eigenvalue weighted by atomic mass is 10.1. The Morgan fingerprint density at radius 1 is 1.04 bits per heavy atom. The first-order chi connectivity index (χ1) is 12.1. The van der Waals surface area contributed by atoms with E-state index in [1.807, 2.05) is 31.2 Å². The summed E-state index contributed by atoms with van der Waals surface area (Å²) in [7, 11) is 0. The molecule has 0 bridgehead atoms. The van der Waals surface area contributed by atoms with Crippen LogP contribution in [-0.4, -0.2) is 24.6 Å². The first kappa shape index (κ1) is 18.2. The fourth-order valence-corrected chi connectivity index (χ4v) is 2.09. The molecule has 2 N–H and O–H groups in total. The highest BCUT2D eigenvalue weighted by Gasteiger charge is 2.15. The van der Waals surface area contributed by atoms with E-state index in [1.54, 1.807) is 24.3 Å². The summed E-state index contributed by atoms with van der Waals surface area (Å²) in [5.74, 6) is -1.16. The SMILES string of the molecule is CCOc1ccccc1NC(=O)C(=O)N/N=C/c1ccc(CC)cc1. The van der Waals surface area contributed by atoms with E-state index < -0.39 is 11.8 Å². The number of para-hydroxylation sites is 2. The molecule has 0 saturated heterocycles. The van der Waals surface area contributed by atoms with Crippen LogP contribution in [0.15, 0.2) is 53.6 Å². The van der Waals surface area contributed by atoms with E-state index in [0.29, 0.717) is 18.0 Å². The summed E-state index contributed by atoms with van der Waals surface area (Å²) in [6.07, 6.45) is 2.44. The van der Waals surface area contributed by atoms with Crippen molar-refractivity contribution in [3.05, 3.63) is 59.7 Å². The van der Waals surface area contributed by atoms with Crippen molar-refractivity contribution in [3.8, 4) is 5.75 Å². The Hall–Kier alpha value is -3.15. The highest BCUT2D eigenvalue weighted by Crippen LogP contribution is 2.23. The molecule has 0 radical (unpaired) electrons. The van der Waals surface area contributed by atoms with Crippen LogP contribution in [-0.2, 0) is 16.0 Å². The number of ether oxygens (including phenoxy) is 1. The lowest BCUT2D eigenvalue weighted by Crippen LogP contribution is -2.32. The predicted octanol–water partition coefficient (Wildman–Crippen LogP) is 2.74. The molecule has 2 aromatic carbocycles. The Bertz CT molecular complexity index is 755. The molecule has 2 rings (SSSR count). The number of hydrogen-bond acceptors (Lipinski definition) is 4. The quantitative estimate of drug-likeness (QED) is 0.482. The molecule has 25 heavy (non-hydrogen) atoms. The number of hydrogen-bond donors (Lipinski definition) is 2. The zero-order chi connectivity index (χ0) is 18.1. The smallest absolute Gasteiger partial charge is 0.329 e. The van der Waals surface area contributed by atoms with Crippen LogP contribution in [0, 0.1) is 0 Å². The van der Waals surface area contributed by atoms with Crippen LogP contribution in [0.25, 0.3) is 0 Å². The number of nitrogens with one attached hydrogen (secondary N) is 2. The molecule has 6 heteroatoms. The van der Waals surface area contributed by atoms with Crippen molar-refractivity contribution in [2.75, 3.05) is 11.9 Å². The first-order valence-electron chi connectivity index (χ1n) is 8.09. The van der Waals surface area contributed by atoms with Crippen molar-refractivity contribution in [1.29, 1.82) is 0 Å². The van der Waals surface area contributed by atoms with E-state index in [9.17, 15) is 9.59 Å². The van der Waals surface area contributed by atoms with Gasteiger partial charge < -0.3 is 10.1 Å². The summed E-state index contributed by atoms with van der Waals surface area (Å²) in [5, 5.41) is 6.31. The third kappa shape index (κ3) is 5.46. The number of aryl methyl sites for hydroxylation is 1. The standard InChI is InChI=1S/C19H21N3O3/c1-3-14-9-11-15(12-10-14)13-20-22-19(24)18(23)21-16-7-5-6-8-17(16)25-4-2/h5-13H,3-4H2,1-2H3,(H,21,23)(H,22,24)/b20-13+. The van der Waals surface area contributed by atoms with Gasteiger partial charge in [-0.05, 0) is 36.6 Å². The minimum absolute atomic E-state index is 0.434. The maximum Gasteiger partial charge on any atom is 0.329 e. The van der Waals surface area contributed by atoms with Gasteiger partial charge in [-0.15, -0.1) is 0 Å². The fourth-order valence-electron chi connectivity index (χ4n) is 2.09. The molecule has 0 aliphatic heterocycles. The van der Waals surface area contributed by atoms with Gasteiger partial charge in [0.25, 0.3) is 0 Å². The monoisotopic (exact) mass is 339 g/mol. The average molecular weight is 339 g/mol. The van der Waals surface area contributed by atoms with E-state index in [0.717, 1.165) is 12.0 Å². The molecule has 0 heterocycles. The van der Waals surface area contributed by atoms with Crippen LogP contribution in [0.5, 0.6) is 5.75 Å². The maximum absolute atomic E-state index is 11.9. The molecule has 0 saturated carbocycles. The zero-order valence-electron chi connectivity index (χ0n) is 14.3. The van der Waals surface area contributed by atoms with Gasteiger partial charge in [-0.25, -0.2) is 5.43 Å². The average Bonchev–Trinajstić information content (AvgIpc) is 2.64. The number of carbonyl (C=O) groups excluding carboxylic acids is 2. The largest absolute Gasteiger partial charge is 0.492 e. The van der Waals surface area contributed by atoms with Gasteiger partial charge in [-0.3, -0.25) is 9.59 Å². The van der Waals surface area contributed by atoms with E-state index in [-0.39, 0.29) is 0 Å². The summed E-state index contributed by atoms with van der Waals surface area (Å²) in [4.78, 5) is 23.8. The lowest BCUT2D eigenvalue weighted by molar-refractivity contribution is -0.136. The summed E-state index contributed by atoms with van der Waals surface area (Å²) < 4.78 is 5.40. The number of anilines is 1. The minimum Gasteiger partial charge on any atom is -0.492 e. The minimum atomic E-state index is -0.854. The van der Waals surface area contributed by atoms with Crippen LogP contribution < -0.4 is 15.5 Å². The third-order valence-electron chi connectivity index (χ3n) is 3.41. The summed E-state index contributed by atoms with van der Waals surface area (Å²) in [5.41, 5.74) is 4.69. The van der Waals surface area contributed by atoms with Crippen molar-refractivity contribution in [1.82, 2.24) is 5.43 Å². The second-order valence-electron chi connectivity index (χ2n) is 5.18. The van der Waals surface area contributed by atoms with Gasteiger partial charge in [0.2, 0.25) is 0 Å². The molecule has 6 nitrogen and oxygen atoms in total. The van der Waals surface area contributed by atoms with Crippen LogP contribution in [0.1, 0.15) is 25.0 Å². The van der Waals surface area contributed by atoms with Crippen LogP contribution >= 0.6 is 0 Å². The molecule has 0 unspecified atom stereocenters. The van der Waals surface area contributed by atoms with Gasteiger partial charge in [0.1, 0.15) is 5.75 Å². The molecule has 0 fully saturated rings. The summed E-state index contributed by atoms with van der Waals surface area (Å²) >= 11 is 0. The van der Waals surface area contributed by atoms with Gasteiger partial charge in [0, 0.05) is 0 Å². The van der Waals surface area contributed by atoms with E-state index in [1.165, 1.54) is 11.8 Å². The Balaban J connectivity index is 1.91. The Morgan fingerprint density at radius 3 is 2.44 bits per heavy atom. The fraction of sp³-hybridized carbons (Fsp3) is 0.211. The maximum atomic E-state index is 11.9. The predicted molar refractivity (Wildman–Crippen MR) is 97.8 cm³/mol. The van der Waals surface area contributed by atoms with Gasteiger partial charge in [-0.1, -0.05) is 43.3 Å². The van der Waals surface area contributed by atoms with E-state index in [2.05, 4.69) is 22.8 Å². The number of rotatable bonds is 6. The highest BCUT2D eigenvalue weighted by molar-refractivity contribution is 6.39. The van der Waals surface area contributed by atoms with E-state index in [4.69, 9.17) is 4.74 Å². The molecule has 0 spiro atoms. The van der Waals surface area contributed by atoms with Gasteiger partial charge in [0.15, 0.2) is 0 Å². The number of nitrogens with zero attached hydrogens (tertiary/aromatic N) is 1. The molecular weight excluding hydrogens is 318 g/mol. The molecule has 2 aromatic rings. The van der Waals surface area contributed by atoms with Gasteiger partial charge >= 0.3 is 11.8 Å². The number of benzene rings is 2. The molecule has 130 valence electrons. The number of amides is 2. The lowest BCUT2D eigenvalue weighted by Gasteiger charge is -2.10. The molecular formula is C19H21N3O3. The Morgan fingerprint density at radius 2 is 1.76 bits per heavy atom. The molecule has 2 amide bonds. The van der Waals surface area contributed by atoms with Crippen LogP contribution in [0.2, 0.25) is 0 Å². The Kier molecular flexibility index (Phi) is 6.71. The second kappa shape index (κ2) is 9.22. The summed E-state index contributed by atoms with van der Waals surface area (Å²) in [6, 6.07) is 14.7. The van der Waals surface area contributed by atoms with Crippen molar-refractivity contribution in [3.63, 3.8) is 0 Å². The van der Waals surface area contributed by atoms with Crippen molar-refractivity contribution in [2.24, 2.45) is 5.10 Å². The highest BCUT2D eigenvalue weighted by atomic mass is 16.5. The van der Waals surface area contributed by atoms with E-state index >= 15 is 0 Å². The molecule has 0 aliphatic rings. The van der Waals surface area contributed by atoms with Gasteiger partial charge in [-0.2, -0.15) is 5.10 Å². The van der Waals surface area contributed by atoms with Crippen molar-refractivity contribution >= 4 is 23.7 Å². The van der Waals surface area contributed by atoms with Gasteiger partial charge in [0.05, 0.1) is 18.5 Å². The zero-order valence-corrected chi connectivity index (χ0v) is 14.3. The normalized spacial score (nSPS) is 10.5. The number of hydrazone groups is 1.